The van der Waals surface area contributed by atoms with Crippen molar-refractivity contribution >= 4 is 42.7 Å². The molecule has 0 amide bonds. The average Bonchev–Trinajstić information content (AvgIpc) is 3.49. The molecule has 0 saturated heterocycles. The van der Waals surface area contributed by atoms with Gasteiger partial charge in [-0.05, 0) is 81.7 Å². The summed E-state index contributed by atoms with van der Waals surface area (Å²) < 4.78 is 122. The summed E-state index contributed by atoms with van der Waals surface area (Å²) in [7, 11) is -9.30. The zero-order valence-electron chi connectivity index (χ0n) is 33.0. The first-order valence-corrected chi connectivity index (χ1v) is 21.8. The lowest BCUT2D eigenvalue weighted by Gasteiger charge is -2.29. The highest BCUT2D eigenvalue weighted by molar-refractivity contribution is 8.09. The third-order valence-electron chi connectivity index (χ3n) is 10.8. The molecule has 4 aliphatic rings. The Morgan fingerprint density at radius 3 is 2.09 bits per heavy atom. The van der Waals surface area contributed by atoms with E-state index in [0.717, 1.165) is 50.2 Å². The van der Waals surface area contributed by atoms with Gasteiger partial charge in [0.2, 0.25) is 5.69 Å². The summed E-state index contributed by atoms with van der Waals surface area (Å²) in [4.78, 5) is 2.46. The van der Waals surface area contributed by atoms with Crippen molar-refractivity contribution in [3.63, 3.8) is 0 Å². The SMILES string of the molecule is CC(S(=O)(=O)C(F)(F)F)S(=O)(=O)C(F)(F)F.COCCN1C(=CC=C2CCCC(C=CC3=[N+](CCOC)c4ccccc4C3(C)C)=C2Cl)C(C)(C)C2=C1C=CCC2. The lowest BCUT2D eigenvalue weighted by atomic mass is 9.79. The van der Waals surface area contributed by atoms with Crippen LogP contribution in [0.25, 0.3) is 0 Å². The maximum atomic E-state index is 11.8. The number of para-hydroxylation sites is 1. The second-order valence-electron chi connectivity index (χ2n) is 15.1. The fraction of sp³-hybridized carbons (Fsp3) is 0.525. The van der Waals surface area contributed by atoms with Gasteiger partial charge < -0.3 is 14.4 Å². The highest BCUT2D eigenvalue weighted by atomic mass is 35.5. The Morgan fingerprint density at radius 2 is 1.49 bits per heavy atom. The Labute approximate surface area is 336 Å². The number of ether oxygens (including phenoxy) is 2. The summed E-state index contributed by atoms with van der Waals surface area (Å²) in [5, 5.41) is 0.901. The Morgan fingerprint density at radius 1 is 0.877 bits per heavy atom. The second-order valence-corrected chi connectivity index (χ2v) is 20.3. The Balaban J connectivity index is 0.000000381. The number of allylic oxidation sites excluding steroid dienone is 10. The van der Waals surface area contributed by atoms with E-state index in [1.54, 1.807) is 14.2 Å². The van der Waals surface area contributed by atoms with Crippen LogP contribution >= 0.6 is 11.6 Å². The molecular weight excluding hydrogens is 818 g/mol. The molecule has 0 atom stereocenters. The van der Waals surface area contributed by atoms with Gasteiger partial charge in [-0.3, -0.25) is 0 Å². The summed E-state index contributed by atoms with van der Waals surface area (Å²) in [5.41, 5.74) is -1.65. The van der Waals surface area contributed by atoms with Gasteiger partial charge in [-0.15, -0.1) is 0 Å². The van der Waals surface area contributed by atoms with Crippen molar-refractivity contribution < 1.29 is 57.2 Å². The summed E-state index contributed by atoms with van der Waals surface area (Å²) in [5.74, 6) is 0. The summed E-state index contributed by atoms with van der Waals surface area (Å²) >= 11 is 7.15. The molecule has 2 aliphatic carbocycles. The zero-order chi connectivity index (χ0) is 42.8. The van der Waals surface area contributed by atoms with E-state index in [0.29, 0.717) is 13.2 Å². The van der Waals surface area contributed by atoms with Crippen LogP contribution in [0.3, 0.4) is 0 Å². The van der Waals surface area contributed by atoms with Crippen LogP contribution in [0.5, 0.6) is 0 Å². The molecule has 0 saturated carbocycles. The highest BCUT2D eigenvalue weighted by Crippen LogP contribution is 2.50. The molecule has 2 heterocycles. The van der Waals surface area contributed by atoms with Crippen LogP contribution < -0.4 is 0 Å². The maximum absolute atomic E-state index is 11.8. The second kappa shape index (κ2) is 17.6. The third kappa shape index (κ3) is 9.35. The molecule has 0 N–H and O–H groups in total. The summed E-state index contributed by atoms with van der Waals surface area (Å²) in [6.07, 6.45) is 19.1. The lowest BCUT2D eigenvalue weighted by molar-refractivity contribution is -0.441. The Bertz CT molecular complexity index is 2100. The molecule has 316 valence electrons. The van der Waals surface area contributed by atoms with Crippen LogP contribution in [-0.4, -0.2) is 88.1 Å². The molecule has 0 unspecified atom stereocenters. The molecule has 0 radical (unpaired) electrons. The van der Waals surface area contributed by atoms with Crippen molar-refractivity contribution in [1.82, 2.24) is 4.90 Å². The minimum atomic E-state index is -6.43. The number of alkyl halides is 6. The van der Waals surface area contributed by atoms with Crippen molar-refractivity contribution in [2.24, 2.45) is 5.41 Å². The van der Waals surface area contributed by atoms with Gasteiger partial charge >= 0.3 is 11.0 Å². The number of rotatable bonds is 11. The van der Waals surface area contributed by atoms with Gasteiger partial charge in [0.1, 0.15) is 6.61 Å². The topological polar surface area (TPSA) is 93.0 Å². The van der Waals surface area contributed by atoms with E-state index in [-0.39, 0.29) is 17.8 Å². The van der Waals surface area contributed by atoms with E-state index in [2.05, 4.69) is 97.9 Å². The number of nitrogens with zero attached hydrogens (tertiary/aromatic N) is 2. The van der Waals surface area contributed by atoms with E-state index >= 15 is 0 Å². The molecule has 5 rings (SSSR count). The summed E-state index contributed by atoms with van der Waals surface area (Å²) in [6.45, 7) is 12.2. The van der Waals surface area contributed by atoms with E-state index in [1.807, 2.05) is 0 Å². The highest BCUT2D eigenvalue weighted by Gasteiger charge is 2.61. The first-order valence-electron chi connectivity index (χ1n) is 18.4. The van der Waals surface area contributed by atoms with Crippen LogP contribution in [0.4, 0.5) is 32.0 Å². The van der Waals surface area contributed by atoms with Crippen molar-refractivity contribution in [1.29, 1.82) is 0 Å². The maximum Gasteiger partial charge on any atom is 0.498 e. The van der Waals surface area contributed by atoms with Gasteiger partial charge in [-0.1, -0.05) is 61.9 Å². The van der Waals surface area contributed by atoms with Crippen LogP contribution in [0, 0.1) is 5.41 Å². The molecule has 2 aliphatic heterocycles. The molecule has 0 fully saturated rings. The van der Waals surface area contributed by atoms with Crippen molar-refractivity contribution in [2.45, 2.75) is 87.7 Å². The minimum Gasteiger partial charge on any atom is -0.383 e. The van der Waals surface area contributed by atoms with E-state index in [9.17, 15) is 43.2 Å². The van der Waals surface area contributed by atoms with Crippen LogP contribution in [0.2, 0.25) is 0 Å². The number of methoxy groups -OCH3 is 2. The molecule has 1 aromatic carbocycles. The normalized spacial score (nSPS) is 21.3. The molecular formula is C40H50ClF6N2O6S2+. The van der Waals surface area contributed by atoms with Gasteiger partial charge in [0, 0.05) is 60.3 Å². The van der Waals surface area contributed by atoms with Gasteiger partial charge in [-0.25, -0.2) is 16.8 Å². The number of hydrogen-bond acceptors (Lipinski definition) is 7. The molecule has 0 bridgehead atoms. The van der Waals surface area contributed by atoms with Gasteiger partial charge in [0.25, 0.3) is 19.7 Å². The smallest absolute Gasteiger partial charge is 0.383 e. The molecule has 8 nitrogen and oxygen atoms in total. The van der Waals surface area contributed by atoms with Gasteiger partial charge in [-0.2, -0.15) is 30.9 Å². The van der Waals surface area contributed by atoms with Crippen molar-refractivity contribution in [3.05, 3.63) is 99.4 Å². The number of sulfone groups is 2. The predicted molar refractivity (Wildman–Crippen MR) is 210 cm³/mol. The largest absolute Gasteiger partial charge is 0.498 e. The number of halogens is 7. The van der Waals surface area contributed by atoms with Crippen LogP contribution in [0.1, 0.15) is 72.3 Å². The zero-order valence-corrected chi connectivity index (χ0v) is 35.4. The fourth-order valence-corrected chi connectivity index (χ4v) is 10.6. The molecule has 1 aromatic rings. The number of benzene rings is 1. The summed E-state index contributed by atoms with van der Waals surface area (Å²) in [6, 6.07) is 8.73. The van der Waals surface area contributed by atoms with Gasteiger partial charge in [0.15, 0.2) is 16.8 Å². The minimum absolute atomic E-state index is 0.0101. The molecule has 0 aromatic heterocycles. The van der Waals surface area contributed by atoms with Gasteiger partial charge in [0.05, 0.1) is 12.0 Å². The molecule has 0 spiro atoms. The van der Waals surface area contributed by atoms with Crippen molar-refractivity contribution in [2.75, 3.05) is 40.5 Å². The van der Waals surface area contributed by atoms with E-state index in [1.165, 1.54) is 45.1 Å². The average molecular weight is 868 g/mol. The van der Waals surface area contributed by atoms with Crippen LogP contribution in [0.15, 0.2) is 93.9 Å². The Hall–Kier alpha value is -3.18. The fourth-order valence-electron chi connectivity index (χ4n) is 7.56. The quantitative estimate of drug-likeness (QED) is 0.162. The molecule has 57 heavy (non-hydrogen) atoms. The van der Waals surface area contributed by atoms with E-state index < -0.39 is 35.3 Å². The first kappa shape index (κ1) is 46.5. The van der Waals surface area contributed by atoms with Crippen molar-refractivity contribution in [3.8, 4) is 0 Å². The van der Waals surface area contributed by atoms with E-state index in [4.69, 9.17) is 21.1 Å². The molecule has 17 heteroatoms. The monoisotopic (exact) mass is 867 g/mol. The Kier molecular flexibility index (Phi) is 14.3. The third-order valence-corrected chi connectivity index (χ3v) is 15.9. The van der Waals surface area contributed by atoms with Crippen LogP contribution in [-0.2, 0) is 34.6 Å². The lowest BCUT2D eigenvalue weighted by Crippen LogP contribution is -2.43. The first-order chi connectivity index (χ1) is 26.4. The number of hydrogen-bond donors (Lipinski definition) is 0. The predicted octanol–water partition coefficient (Wildman–Crippen LogP) is 9.55. The standard InChI is InChI=1S/C36H46ClN2O2.C4H4F6O4S2/c1-35(2)28-14-7-9-16-30(28)38(22-24-40-5)32(35)20-18-26-12-11-13-27(34(26)37)19-21-33-36(3,4)29-15-8-10-17-31(29)39(33)23-25-41-6;1-2(15(11,12)3(5,6)7)16(13,14)4(8,9)10/h7,9-10,14,16-21H,8,11-13,15,22-25H2,1-6H3;2H,1H3/q+1;. The number of fused-ring (bicyclic) bond motifs is 1.